The van der Waals surface area contributed by atoms with Gasteiger partial charge < -0.3 is 0 Å². The molecule has 1 aliphatic heterocycles. The zero-order chi connectivity index (χ0) is 12.3. The summed E-state index contributed by atoms with van der Waals surface area (Å²) in [7, 11) is 0. The van der Waals surface area contributed by atoms with Gasteiger partial charge in [-0.15, -0.1) is 11.8 Å². The van der Waals surface area contributed by atoms with Crippen LogP contribution in [-0.2, 0) is 6.54 Å². The molecule has 94 valence electrons. The van der Waals surface area contributed by atoms with E-state index in [9.17, 15) is 0 Å². The zero-order valence-electron chi connectivity index (χ0n) is 11.0. The van der Waals surface area contributed by atoms with Gasteiger partial charge in [0.15, 0.2) is 0 Å². The van der Waals surface area contributed by atoms with Crippen molar-refractivity contribution in [2.45, 2.75) is 49.9 Å². The van der Waals surface area contributed by atoms with Crippen LogP contribution in [0.3, 0.4) is 0 Å². The van der Waals surface area contributed by atoms with Crippen LogP contribution in [0.1, 0.15) is 37.8 Å². The van der Waals surface area contributed by atoms with Gasteiger partial charge in [-0.05, 0) is 54.7 Å². The summed E-state index contributed by atoms with van der Waals surface area (Å²) in [5.74, 6) is 1.23. The Morgan fingerprint density at radius 1 is 1.29 bits per heavy atom. The van der Waals surface area contributed by atoms with Crippen molar-refractivity contribution in [1.29, 1.82) is 0 Å². The molecule has 0 saturated carbocycles. The third kappa shape index (κ3) is 3.21. The lowest BCUT2D eigenvalue weighted by atomic mass is 10.1. The maximum absolute atomic E-state index is 2.49. The minimum atomic E-state index is 1.12. The van der Waals surface area contributed by atoms with Crippen LogP contribution in [0.2, 0.25) is 0 Å². The first-order chi connectivity index (χ1) is 8.24. The van der Waals surface area contributed by atoms with E-state index < -0.39 is 0 Å². The molecule has 1 aliphatic rings. The molecule has 1 aromatic rings. The fourth-order valence-corrected chi connectivity index (χ4v) is 4.45. The number of benzene rings is 1. The van der Waals surface area contributed by atoms with Gasteiger partial charge in [-0.1, -0.05) is 19.9 Å². The first kappa shape index (κ1) is 13.3. The summed E-state index contributed by atoms with van der Waals surface area (Å²) in [6, 6.07) is 4.70. The molecule has 0 aromatic heterocycles. The van der Waals surface area contributed by atoms with E-state index in [0.29, 0.717) is 0 Å². The van der Waals surface area contributed by atoms with Crippen LogP contribution in [0.5, 0.6) is 0 Å². The molecule has 17 heavy (non-hydrogen) atoms. The lowest BCUT2D eigenvalue weighted by molar-refractivity contribution is 0.477. The Bertz CT molecular complexity index is 390. The number of nitrogens with zero attached hydrogens (tertiary/aromatic N) is 1. The monoisotopic (exact) mass is 267 g/mol. The lowest BCUT2D eigenvalue weighted by Gasteiger charge is -2.11. The van der Waals surface area contributed by atoms with Crippen molar-refractivity contribution in [1.82, 2.24) is 4.31 Å². The van der Waals surface area contributed by atoms with Gasteiger partial charge in [0.2, 0.25) is 0 Å². The minimum Gasteiger partial charge on any atom is -0.242 e. The van der Waals surface area contributed by atoms with Crippen molar-refractivity contribution < 1.29 is 0 Å². The molecule has 0 N–H and O–H groups in total. The SMILES string of the molecule is CCCSc1cc(C)cc2c1SN(CCC)C2. The second-order valence-corrected chi connectivity index (χ2v) is 6.80. The number of rotatable bonds is 5. The zero-order valence-corrected chi connectivity index (χ0v) is 12.6. The smallest absolute Gasteiger partial charge is 0.0411 e. The molecule has 0 radical (unpaired) electrons. The first-order valence-electron chi connectivity index (χ1n) is 6.43. The van der Waals surface area contributed by atoms with Crippen LogP contribution in [0, 0.1) is 6.92 Å². The first-order valence-corrected chi connectivity index (χ1v) is 8.19. The van der Waals surface area contributed by atoms with Gasteiger partial charge in [0.25, 0.3) is 0 Å². The summed E-state index contributed by atoms with van der Waals surface area (Å²) in [4.78, 5) is 3.01. The number of hydrogen-bond acceptors (Lipinski definition) is 3. The van der Waals surface area contributed by atoms with E-state index in [1.54, 1.807) is 0 Å². The standard InChI is InChI=1S/C14H21NS2/c1-4-6-15-10-12-8-11(3)9-13(14(12)17-15)16-7-5-2/h8-9H,4-7,10H2,1-3H3. The van der Waals surface area contributed by atoms with E-state index in [1.807, 2.05) is 23.7 Å². The van der Waals surface area contributed by atoms with Gasteiger partial charge in [-0.2, -0.15) is 0 Å². The Balaban J connectivity index is 2.19. The highest BCUT2D eigenvalue weighted by molar-refractivity contribution is 8.01. The predicted octanol–water partition coefficient (Wildman–Crippen LogP) is 4.73. The largest absolute Gasteiger partial charge is 0.242 e. The van der Waals surface area contributed by atoms with Gasteiger partial charge in [0, 0.05) is 22.9 Å². The summed E-state index contributed by atoms with van der Waals surface area (Å²) >= 11 is 3.97. The summed E-state index contributed by atoms with van der Waals surface area (Å²) in [6.07, 6.45) is 2.48. The molecule has 0 amide bonds. The summed E-state index contributed by atoms with van der Waals surface area (Å²) in [5, 5.41) is 0. The van der Waals surface area contributed by atoms with Crippen molar-refractivity contribution in [2.24, 2.45) is 0 Å². The molecule has 0 aliphatic carbocycles. The van der Waals surface area contributed by atoms with Gasteiger partial charge >= 0.3 is 0 Å². The highest BCUT2D eigenvalue weighted by Crippen LogP contribution is 2.42. The molecule has 3 heteroatoms. The van der Waals surface area contributed by atoms with E-state index >= 15 is 0 Å². The Morgan fingerprint density at radius 2 is 2.12 bits per heavy atom. The summed E-state index contributed by atoms with van der Waals surface area (Å²) in [5.41, 5.74) is 2.93. The quantitative estimate of drug-likeness (QED) is 0.561. The summed E-state index contributed by atoms with van der Waals surface area (Å²) < 4.78 is 2.49. The molecule has 0 unspecified atom stereocenters. The van der Waals surface area contributed by atoms with Crippen LogP contribution in [0.15, 0.2) is 21.9 Å². The highest BCUT2D eigenvalue weighted by atomic mass is 32.2. The molecule has 1 nitrogen and oxygen atoms in total. The van der Waals surface area contributed by atoms with Crippen LogP contribution >= 0.6 is 23.7 Å². The van der Waals surface area contributed by atoms with Crippen molar-refractivity contribution in [3.05, 3.63) is 23.3 Å². The molecule has 0 atom stereocenters. The molecule has 0 spiro atoms. The van der Waals surface area contributed by atoms with Gasteiger partial charge in [-0.3, -0.25) is 0 Å². The second kappa shape index (κ2) is 6.17. The number of fused-ring (bicyclic) bond motifs is 1. The average Bonchev–Trinajstić information content (AvgIpc) is 2.68. The molecular weight excluding hydrogens is 246 g/mol. The molecule has 2 rings (SSSR count). The van der Waals surface area contributed by atoms with E-state index in [2.05, 4.69) is 37.2 Å². The van der Waals surface area contributed by atoms with E-state index in [-0.39, 0.29) is 0 Å². The fourth-order valence-electron chi connectivity index (χ4n) is 2.08. The van der Waals surface area contributed by atoms with Gasteiger partial charge in [0.05, 0.1) is 0 Å². The van der Waals surface area contributed by atoms with E-state index in [1.165, 1.54) is 46.1 Å². The van der Waals surface area contributed by atoms with Crippen molar-refractivity contribution in [2.75, 3.05) is 12.3 Å². The topological polar surface area (TPSA) is 3.24 Å². The second-order valence-electron chi connectivity index (χ2n) is 4.55. The molecule has 1 heterocycles. The van der Waals surface area contributed by atoms with Crippen molar-refractivity contribution in [3.8, 4) is 0 Å². The van der Waals surface area contributed by atoms with E-state index in [0.717, 1.165) is 6.54 Å². The molecule has 1 aromatic carbocycles. The molecule has 0 bridgehead atoms. The normalized spacial score (nSPS) is 15.2. The number of hydrogen-bond donors (Lipinski definition) is 0. The Labute approximate surface area is 113 Å². The molecular formula is C14H21NS2. The third-order valence-electron chi connectivity index (χ3n) is 2.78. The highest BCUT2D eigenvalue weighted by Gasteiger charge is 2.22. The van der Waals surface area contributed by atoms with Crippen molar-refractivity contribution >= 4 is 23.7 Å². The third-order valence-corrected chi connectivity index (χ3v) is 5.39. The molecule has 0 saturated heterocycles. The minimum absolute atomic E-state index is 1.12. The lowest BCUT2D eigenvalue weighted by Crippen LogP contribution is -2.10. The Kier molecular flexibility index (Phi) is 4.83. The van der Waals surface area contributed by atoms with Gasteiger partial charge in [0.1, 0.15) is 0 Å². The molecule has 0 fully saturated rings. The predicted molar refractivity (Wildman–Crippen MR) is 78.8 cm³/mol. The maximum atomic E-state index is 2.49. The Morgan fingerprint density at radius 3 is 2.82 bits per heavy atom. The average molecular weight is 267 g/mol. The van der Waals surface area contributed by atoms with Crippen LogP contribution in [0.25, 0.3) is 0 Å². The van der Waals surface area contributed by atoms with E-state index in [4.69, 9.17) is 0 Å². The number of thioether (sulfide) groups is 1. The van der Waals surface area contributed by atoms with Crippen LogP contribution < -0.4 is 0 Å². The maximum Gasteiger partial charge on any atom is 0.0411 e. The van der Waals surface area contributed by atoms with Crippen molar-refractivity contribution in [3.63, 3.8) is 0 Å². The fraction of sp³-hybridized carbons (Fsp3) is 0.571. The number of aryl methyl sites for hydroxylation is 1. The Hall–Kier alpha value is -0.120. The van der Waals surface area contributed by atoms with Gasteiger partial charge in [-0.25, -0.2) is 4.31 Å². The van der Waals surface area contributed by atoms with Crippen LogP contribution in [0.4, 0.5) is 0 Å². The van der Waals surface area contributed by atoms with Crippen LogP contribution in [-0.4, -0.2) is 16.6 Å². The summed E-state index contributed by atoms with van der Waals surface area (Å²) in [6.45, 7) is 9.02.